The first-order chi connectivity index (χ1) is 15.1. The highest BCUT2D eigenvalue weighted by Crippen LogP contribution is 2.46. The lowest BCUT2D eigenvalue weighted by molar-refractivity contribution is 0.0592. The van der Waals surface area contributed by atoms with Crippen LogP contribution in [0.25, 0.3) is 0 Å². The van der Waals surface area contributed by atoms with Gasteiger partial charge in [0.2, 0.25) is 0 Å². The highest BCUT2D eigenvalue weighted by molar-refractivity contribution is 8.11. The van der Waals surface area contributed by atoms with E-state index >= 15 is 0 Å². The predicted octanol–water partition coefficient (Wildman–Crippen LogP) is 7.39. The number of benzene rings is 1. The van der Waals surface area contributed by atoms with Crippen LogP contribution in [0.15, 0.2) is 30.3 Å². The van der Waals surface area contributed by atoms with Crippen LogP contribution in [0.1, 0.15) is 84.6 Å². The van der Waals surface area contributed by atoms with Crippen molar-refractivity contribution in [3.8, 4) is 0 Å². The second kappa shape index (κ2) is 12.8. The van der Waals surface area contributed by atoms with Crippen molar-refractivity contribution in [3.05, 3.63) is 35.9 Å². The Morgan fingerprint density at radius 2 is 1.69 bits per heavy atom. The maximum atomic E-state index is 5.99. The first kappa shape index (κ1) is 27.7. The molecule has 1 aliphatic carbocycles. The molecule has 1 N–H and O–H groups in total. The van der Waals surface area contributed by atoms with Gasteiger partial charge in [0.25, 0.3) is 0 Å². The lowest BCUT2D eigenvalue weighted by Crippen LogP contribution is -2.51. The average Bonchev–Trinajstić information content (AvgIpc) is 2.70. The van der Waals surface area contributed by atoms with Crippen molar-refractivity contribution < 1.29 is 0 Å². The Bertz CT molecular complexity index is 777. The van der Waals surface area contributed by atoms with Gasteiger partial charge in [-0.3, -0.25) is 0 Å². The molecule has 1 aromatic rings. The second-order valence-electron chi connectivity index (χ2n) is 10.5. The van der Waals surface area contributed by atoms with E-state index in [4.69, 9.17) is 36.7 Å². The third kappa shape index (κ3) is 9.00. The van der Waals surface area contributed by atoms with E-state index in [0.29, 0.717) is 10.4 Å². The standard InChI is InChI=1S/C26H40N2S4/c1-5-6-7-8-12-15-28(23(30)22(29)20-13-10-9-11-14-20)19-26(4)17-21(27-24(31)32)16-25(2,3)18-26/h9-11,13-14,21H,5-8,12,15-19H2,1-4H3,(H2,27,31,32). The summed E-state index contributed by atoms with van der Waals surface area (Å²) in [4.78, 5) is 4.01. The van der Waals surface area contributed by atoms with Crippen molar-refractivity contribution >= 4 is 63.5 Å². The minimum atomic E-state index is 0.123. The zero-order valence-corrected chi connectivity index (χ0v) is 23.5. The molecule has 0 spiro atoms. The molecule has 0 aliphatic heterocycles. The molecule has 1 aromatic carbocycles. The molecule has 2 unspecified atom stereocenters. The molecule has 0 radical (unpaired) electrons. The number of nitrogens with zero attached hydrogens (tertiary/aromatic N) is 1. The molecule has 1 saturated carbocycles. The number of unbranched alkanes of at least 4 members (excludes halogenated alkanes) is 4. The van der Waals surface area contributed by atoms with Crippen LogP contribution >= 0.6 is 49.3 Å². The van der Waals surface area contributed by atoms with E-state index in [9.17, 15) is 0 Å². The van der Waals surface area contributed by atoms with Crippen LogP contribution in [0, 0.1) is 10.8 Å². The van der Waals surface area contributed by atoms with Gasteiger partial charge in [-0.15, -0.1) is 12.6 Å². The van der Waals surface area contributed by atoms with E-state index in [1.165, 1.54) is 25.7 Å². The largest absolute Gasteiger partial charge is 0.368 e. The highest BCUT2D eigenvalue weighted by Gasteiger charge is 2.42. The quantitative estimate of drug-likeness (QED) is 0.140. The predicted molar refractivity (Wildman–Crippen MR) is 155 cm³/mol. The van der Waals surface area contributed by atoms with Gasteiger partial charge in [0.1, 0.15) is 9.31 Å². The van der Waals surface area contributed by atoms with E-state index in [1.54, 1.807) is 0 Å². The van der Waals surface area contributed by atoms with Crippen molar-refractivity contribution in [3.63, 3.8) is 0 Å². The molecular weight excluding hydrogens is 469 g/mol. The topological polar surface area (TPSA) is 15.3 Å². The Morgan fingerprint density at radius 1 is 1.03 bits per heavy atom. The first-order valence-electron chi connectivity index (χ1n) is 11.9. The maximum Gasteiger partial charge on any atom is 0.130 e. The SMILES string of the molecule is CCCCCCCN(CC1(C)CC(NC(=S)S)CC(C)(C)C1)C(=S)C(=S)c1ccccc1. The second-order valence-corrected chi connectivity index (χ2v) is 12.5. The number of thiocarbonyl (C=S) groups is 3. The summed E-state index contributed by atoms with van der Waals surface area (Å²) in [6.07, 6.45) is 9.56. The first-order valence-corrected chi connectivity index (χ1v) is 13.6. The molecule has 2 rings (SSSR count). The van der Waals surface area contributed by atoms with E-state index < -0.39 is 0 Å². The molecule has 0 heterocycles. The van der Waals surface area contributed by atoms with Gasteiger partial charge in [0, 0.05) is 19.1 Å². The molecule has 32 heavy (non-hydrogen) atoms. The summed E-state index contributed by atoms with van der Waals surface area (Å²) in [7, 11) is 0. The van der Waals surface area contributed by atoms with Crippen molar-refractivity contribution in [2.75, 3.05) is 13.1 Å². The van der Waals surface area contributed by atoms with Gasteiger partial charge in [0.05, 0.1) is 4.86 Å². The lowest BCUT2D eigenvalue weighted by Gasteiger charge is -2.49. The van der Waals surface area contributed by atoms with Crippen molar-refractivity contribution in [1.29, 1.82) is 0 Å². The lowest BCUT2D eigenvalue weighted by atomic mass is 9.62. The monoisotopic (exact) mass is 508 g/mol. The summed E-state index contributed by atoms with van der Waals surface area (Å²) >= 11 is 21.4. The minimum Gasteiger partial charge on any atom is -0.368 e. The molecule has 178 valence electrons. The van der Waals surface area contributed by atoms with Gasteiger partial charge >= 0.3 is 0 Å². The molecule has 6 heteroatoms. The third-order valence-electron chi connectivity index (χ3n) is 6.39. The Labute approximate surface area is 217 Å². The summed E-state index contributed by atoms with van der Waals surface area (Å²) in [6.45, 7) is 11.3. The number of nitrogens with one attached hydrogen (secondary N) is 1. The van der Waals surface area contributed by atoms with Crippen LogP contribution < -0.4 is 5.32 Å². The van der Waals surface area contributed by atoms with Gasteiger partial charge in [-0.2, -0.15) is 0 Å². The van der Waals surface area contributed by atoms with Crippen LogP contribution in [-0.2, 0) is 0 Å². The van der Waals surface area contributed by atoms with Gasteiger partial charge in [0.15, 0.2) is 0 Å². The van der Waals surface area contributed by atoms with Crippen LogP contribution in [0.3, 0.4) is 0 Å². The number of hydrogen-bond acceptors (Lipinski definition) is 3. The van der Waals surface area contributed by atoms with Gasteiger partial charge in [-0.05, 0) is 42.1 Å². The maximum absolute atomic E-state index is 5.99. The van der Waals surface area contributed by atoms with Crippen molar-refractivity contribution in [2.24, 2.45) is 10.8 Å². The fraction of sp³-hybridized carbons (Fsp3) is 0.654. The van der Waals surface area contributed by atoms with Gasteiger partial charge in [-0.1, -0.05) is 120 Å². The van der Waals surface area contributed by atoms with Crippen molar-refractivity contribution in [2.45, 2.75) is 85.1 Å². The normalized spacial score (nSPS) is 22.2. The molecule has 1 fully saturated rings. The van der Waals surface area contributed by atoms with Gasteiger partial charge in [-0.25, -0.2) is 0 Å². The summed E-state index contributed by atoms with van der Waals surface area (Å²) in [5, 5.41) is 3.43. The molecule has 0 saturated heterocycles. The smallest absolute Gasteiger partial charge is 0.130 e. The number of hydrogen-bond donors (Lipinski definition) is 2. The number of thiol groups is 1. The van der Waals surface area contributed by atoms with Crippen LogP contribution in [0.4, 0.5) is 0 Å². The van der Waals surface area contributed by atoms with Crippen LogP contribution in [0.2, 0.25) is 0 Å². The molecule has 2 nitrogen and oxygen atoms in total. The minimum absolute atomic E-state index is 0.123. The summed E-state index contributed by atoms with van der Waals surface area (Å²) in [6, 6.07) is 10.5. The van der Waals surface area contributed by atoms with Crippen LogP contribution in [-0.4, -0.2) is 38.2 Å². The molecule has 2 atom stereocenters. The van der Waals surface area contributed by atoms with Gasteiger partial charge < -0.3 is 10.2 Å². The van der Waals surface area contributed by atoms with E-state index in [2.05, 4.69) is 62.7 Å². The summed E-state index contributed by atoms with van der Waals surface area (Å²) in [5.74, 6) is 0. The average molecular weight is 509 g/mol. The molecular formula is C26H40N2S4. The Morgan fingerprint density at radius 3 is 2.31 bits per heavy atom. The summed E-state index contributed by atoms with van der Waals surface area (Å²) < 4.78 is 0.587. The Hall–Kier alpha value is -0.560. The Kier molecular flexibility index (Phi) is 11.1. The summed E-state index contributed by atoms with van der Waals surface area (Å²) in [5.41, 5.74) is 1.40. The zero-order chi connectivity index (χ0) is 23.8. The zero-order valence-electron chi connectivity index (χ0n) is 20.2. The molecule has 0 amide bonds. The highest BCUT2D eigenvalue weighted by atomic mass is 32.1. The van der Waals surface area contributed by atoms with Crippen molar-refractivity contribution in [1.82, 2.24) is 10.2 Å². The third-order valence-corrected chi connectivity index (χ3v) is 7.66. The molecule has 1 aliphatic rings. The fourth-order valence-electron chi connectivity index (χ4n) is 5.51. The molecule has 0 aromatic heterocycles. The van der Waals surface area contributed by atoms with E-state index in [0.717, 1.165) is 54.2 Å². The van der Waals surface area contributed by atoms with E-state index in [-0.39, 0.29) is 10.8 Å². The number of rotatable bonds is 11. The fourth-order valence-corrected chi connectivity index (χ4v) is 6.39. The van der Waals surface area contributed by atoms with Crippen LogP contribution in [0.5, 0.6) is 0 Å². The van der Waals surface area contributed by atoms with E-state index in [1.807, 2.05) is 18.2 Å². The Balaban J connectivity index is 2.18. The molecule has 0 bridgehead atoms.